The first kappa shape index (κ1) is 37.3. The molecule has 2 unspecified atom stereocenters. The van der Waals surface area contributed by atoms with Crippen molar-refractivity contribution in [3.63, 3.8) is 0 Å². The summed E-state index contributed by atoms with van der Waals surface area (Å²) < 4.78 is 24.8. The van der Waals surface area contributed by atoms with Crippen LogP contribution in [0.5, 0.6) is 23.0 Å². The highest BCUT2D eigenvalue weighted by Crippen LogP contribution is 2.40. The van der Waals surface area contributed by atoms with Crippen molar-refractivity contribution in [1.82, 2.24) is 20.3 Å². The van der Waals surface area contributed by atoms with Gasteiger partial charge in [-0.05, 0) is 107 Å². The predicted octanol–water partition coefficient (Wildman–Crippen LogP) is 8.51. The number of ether oxygens (including phenoxy) is 2. The number of aromatic hydroxyl groups is 2. The second kappa shape index (κ2) is 16.4. The number of ketones is 1. The van der Waals surface area contributed by atoms with E-state index >= 15 is 0 Å². The van der Waals surface area contributed by atoms with Gasteiger partial charge in [0.2, 0.25) is 0 Å². The molecule has 0 bridgehead atoms. The highest BCUT2D eigenvalue weighted by Gasteiger charge is 2.29. The minimum Gasteiger partial charge on any atom is -0.507 e. The van der Waals surface area contributed by atoms with Gasteiger partial charge < -0.3 is 28.7 Å². The fraction of sp³-hybridized carbons (Fsp3) is 0.256. The third kappa shape index (κ3) is 8.74. The molecule has 2 N–H and O–H groups in total. The number of rotatable bonds is 14. The Labute approximate surface area is 328 Å². The van der Waals surface area contributed by atoms with E-state index in [-0.39, 0.29) is 30.5 Å². The van der Waals surface area contributed by atoms with Crippen LogP contribution in [-0.2, 0) is 30.8 Å². The van der Waals surface area contributed by atoms with Gasteiger partial charge in [0.05, 0.1) is 0 Å². The van der Waals surface area contributed by atoms with Crippen LogP contribution in [0, 0.1) is 21.0 Å². The molecule has 0 aliphatic heterocycles. The largest absolute Gasteiger partial charge is 0.507 e. The van der Waals surface area contributed by atoms with Crippen LogP contribution in [0.15, 0.2) is 81.8 Å². The Morgan fingerprint density at radius 1 is 0.654 bits per heavy atom. The number of aromatic nitrogens is 4. The van der Waals surface area contributed by atoms with Gasteiger partial charge in [0.1, 0.15) is 28.8 Å². The van der Waals surface area contributed by atoms with E-state index in [4.69, 9.17) is 18.5 Å². The Morgan fingerprint density at radius 2 is 1.04 bits per heavy atom. The molecule has 0 aliphatic carbocycles. The fourth-order valence-electron chi connectivity index (χ4n) is 5.79. The van der Waals surface area contributed by atoms with Crippen LogP contribution in [-0.4, -0.2) is 36.3 Å². The molecule has 0 saturated carbocycles. The van der Waals surface area contributed by atoms with Gasteiger partial charge in [0.25, 0.3) is 11.8 Å². The smallest absolute Gasteiger partial charge is 0.264 e. The lowest BCUT2D eigenvalue weighted by molar-refractivity contribution is -0.121. The Bertz CT molecular complexity index is 2030. The lowest BCUT2D eigenvalue weighted by Gasteiger charge is -2.21. The first-order valence-corrected chi connectivity index (χ1v) is 18.7. The van der Waals surface area contributed by atoms with Gasteiger partial charge in [-0.1, -0.05) is 60.6 Å². The molecule has 52 heavy (non-hydrogen) atoms. The number of phenolic OH excluding ortho intramolecular Hbond substituents is 2. The molecule has 0 aliphatic rings. The normalized spacial score (nSPS) is 12.4. The molecule has 0 radical (unpaired) electrons. The summed E-state index contributed by atoms with van der Waals surface area (Å²) in [5, 5.41) is 30.4. The number of hydrogen-bond acceptors (Lipinski definition) is 11. The number of Topliss-reactive ketones (excluding diaryl/α,β-unsaturated/α-hetero) is 1. The number of hydrogen-bond donors (Lipinski definition) is 2. The molecular formula is C39H36I2N4O7. The molecule has 13 heteroatoms. The second-order valence-corrected chi connectivity index (χ2v) is 15.0. The summed E-state index contributed by atoms with van der Waals surface area (Å²) in [4.78, 5) is 22.6. The third-order valence-electron chi connectivity index (χ3n) is 8.89. The summed E-state index contributed by atoms with van der Waals surface area (Å²) in [6, 6.07) is 23.0. The number of phenols is 2. The van der Waals surface area contributed by atoms with Crippen molar-refractivity contribution in [3.05, 3.63) is 137 Å². The monoisotopic (exact) mass is 926 g/mol. The van der Waals surface area contributed by atoms with E-state index in [9.17, 15) is 15.0 Å². The van der Waals surface area contributed by atoms with Gasteiger partial charge >= 0.3 is 0 Å². The lowest BCUT2D eigenvalue weighted by atomic mass is 9.84. The van der Waals surface area contributed by atoms with Crippen LogP contribution in [0.2, 0.25) is 0 Å². The summed E-state index contributed by atoms with van der Waals surface area (Å²) >= 11 is 4.51. The van der Waals surface area contributed by atoms with Crippen molar-refractivity contribution < 1.29 is 33.5 Å². The van der Waals surface area contributed by atoms with Gasteiger partial charge in [0.15, 0.2) is 24.9 Å². The van der Waals surface area contributed by atoms with Crippen molar-refractivity contribution in [2.24, 2.45) is 0 Å². The van der Waals surface area contributed by atoms with E-state index in [2.05, 4.69) is 65.5 Å². The average Bonchev–Trinajstić information content (AvgIpc) is 3.79. The van der Waals surface area contributed by atoms with Crippen molar-refractivity contribution in [2.45, 2.75) is 65.6 Å². The molecule has 2 aromatic heterocycles. The SMILES string of the molecule is Cc1c(OCc2nc(Cc3ccc(I)cc3)no2)ccc(C(C)C(=O)C(C)c2ccc(OCc3nc(Cc4ccc(I)cc4)no3)c(C)c2O)c1O. The van der Waals surface area contributed by atoms with E-state index in [1.54, 1.807) is 52.0 Å². The molecule has 0 amide bonds. The van der Waals surface area contributed by atoms with Crippen molar-refractivity contribution >= 4 is 51.0 Å². The number of halogens is 2. The summed E-state index contributed by atoms with van der Waals surface area (Å²) in [6.45, 7) is 6.95. The predicted molar refractivity (Wildman–Crippen MR) is 209 cm³/mol. The van der Waals surface area contributed by atoms with E-state index in [1.165, 1.54) is 0 Å². The summed E-state index contributed by atoms with van der Waals surface area (Å²) in [5.74, 6) is 0.964. The lowest BCUT2D eigenvalue weighted by Crippen LogP contribution is -2.17. The Morgan fingerprint density at radius 3 is 1.42 bits per heavy atom. The third-order valence-corrected chi connectivity index (χ3v) is 10.3. The number of benzene rings is 4. The molecule has 2 heterocycles. The molecule has 4 aromatic carbocycles. The number of carbonyl (C=O) groups excluding carboxylic acids is 1. The van der Waals surface area contributed by atoms with E-state index < -0.39 is 11.8 Å². The minimum absolute atomic E-state index is 0.0208. The molecule has 2 atom stereocenters. The zero-order valence-electron chi connectivity index (χ0n) is 28.9. The Balaban J connectivity index is 1.06. The first-order valence-electron chi connectivity index (χ1n) is 16.5. The molecular weight excluding hydrogens is 890 g/mol. The fourth-order valence-corrected chi connectivity index (χ4v) is 6.51. The van der Waals surface area contributed by atoms with Crippen molar-refractivity contribution in [3.8, 4) is 23.0 Å². The molecule has 0 saturated heterocycles. The van der Waals surface area contributed by atoms with Crippen LogP contribution < -0.4 is 9.47 Å². The molecule has 11 nitrogen and oxygen atoms in total. The van der Waals surface area contributed by atoms with Crippen LogP contribution in [0.25, 0.3) is 0 Å². The zero-order chi connectivity index (χ0) is 36.9. The quantitative estimate of drug-likeness (QED) is 0.101. The topological polar surface area (TPSA) is 154 Å². The zero-order valence-corrected chi connectivity index (χ0v) is 33.2. The van der Waals surface area contributed by atoms with E-state index in [0.29, 0.717) is 70.0 Å². The highest BCUT2D eigenvalue weighted by atomic mass is 127. The maximum atomic E-state index is 13.7. The molecule has 268 valence electrons. The summed E-state index contributed by atoms with van der Waals surface area (Å²) in [7, 11) is 0. The van der Waals surface area contributed by atoms with Gasteiger partial charge in [-0.25, -0.2) is 0 Å². The first-order chi connectivity index (χ1) is 25.0. The van der Waals surface area contributed by atoms with Crippen molar-refractivity contribution in [2.75, 3.05) is 0 Å². The van der Waals surface area contributed by atoms with Crippen molar-refractivity contribution in [1.29, 1.82) is 0 Å². The van der Waals surface area contributed by atoms with Crippen LogP contribution in [0.3, 0.4) is 0 Å². The van der Waals surface area contributed by atoms with Gasteiger partial charge in [-0.15, -0.1) is 0 Å². The average molecular weight is 927 g/mol. The highest BCUT2D eigenvalue weighted by molar-refractivity contribution is 14.1. The van der Waals surface area contributed by atoms with E-state index in [0.717, 1.165) is 18.3 Å². The standard InChI is InChI=1S/C39H36I2N4O7/c1-21(29-13-15-31(23(3)38(29)47)49-19-35-42-33(44-51-35)17-25-5-9-27(40)10-6-25)37(46)22(2)30-14-16-32(24(4)39(30)48)50-20-36-43-34(45-52-36)18-26-7-11-28(41)12-8-26/h5-16,21-22,47-48H,17-20H2,1-4H3. The molecule has 6 rings (SSSR count). The van der Waals surface area contributed by atoms with Gasteiger partial charge in [-0.2, -0.15) is 9.97 Å². The molecule has 0 fully saturated rings. The van der Waals surface area contributed by atoms with Gasteiger partial charge in [-0.3, -0.25) is 4.79 Å². The van der Waals surface area contributed by atoms with Crippen LogP contribution in [0.1, 0.15) is 82.5 Å². The minimum atomic E-state index is -0.676. The van der Waals surface area contributed by atoms with E-state index in [1.807, 2.05) is 48.5 Å². The number of carbonyl (C=O) groups is 1. The van der Waals surface area contributed by atoms with Gasteiger partial charge in [0, 0.05) is 54.1 Å². The Hall–Kier alpha value is -4.51. The maximum absolute atomic E-state index is 13.7. The van der Waals surface area contributed by atoms with Crippen LogP contribution >= 0.6 is 45.2 Å². The number of nitrogens with zero attached hydrogens (tertiary/aromatic N) is 4. The summed E-state index contributed by atoms with van der Waals surface area (Å²) in [6.07, 6.45) is 1.07. The summed E-state index contributed by atoms with van der Waals surface area (Å²) in [5.41, 5.74) is 4.01. The molecule has 0 spiro atoms. The van der Waals surface area contributed by atoms with Crippen LogP contribution in [0.4, 0.5) is 0 Å². The molecule has 6 aromatic rings. The maximum Gasteiger partial charge on any atom is 0.264 e. The second-order valence-electron chi connectivity index (χ2n) is 12.5. The Kier molecular flexibility index (Phi) is 11.8.